The summed E-state index contributed by atoms with van der Waals surface area (Å²) < 4.78 is 7.52. The van der Waals surface area contributed by atoms with Crippen molar-refractivity contribution in [3.05, 3.63) is 59.9 Å². The molecule has 8 nitrogen and oxygen atoms in total. The molecular formula is C23H27N7O. The van der Waals surface area contributed by atoms with E-state index in [4.69, 9.17) is 4.74 Å². The first kappa shape index (κ1) is 20.7. The van der Waals surface area contributed by atoms with Crippen LogP contribution in [-0.4, -0.2) is 42.0 Å². The van der Waals surface area contributed by atoms with E-state index in [2.05, 4.69) is 68.0 Å². The molecule has 0 unspecified atom stereocenters. The smallest absolute Gasteiger partial charge is 0.335 e. The predicted octanol–water partition coefficient (Wildman–Crippen LogP) is 4.30. The number of rotatable bonds is 10. The summed E-state index contributed by atoms with van der Waals surface area (Å²) in [5.74, 6) is 1.52. The lowest BCUT2D eigenvalue weighted by atomic mass is 9.98. The highest BCUT2D eigenvalue weighted by Crippen LogP contribution is 2.30. The maximum Gasteiger partial charge on any atom is 0.335 e. The van der Waals surface area contributed by atoms with Gasteiger partial charge in [-0.25, -0.2) is 4.68 Å². The maximum atomic E-state index is 5.53. The highest BCUT2D eigenvalue weighted by molar-refractivity contribution is 5.80. The summed E-state index contributed by atoms with van der Waals surface area (Å²) in [5.41, 5.74) is 4.29. The van der Waals surface area contributed by atoms with Crippen LogP contribution in [0, 0.1) is 0 Å². The minimum atomic E-state index is 0.458. The average Bonchev–Trinajstić information content (AvgIpc) is 3.46. The van der Waals surface area contributed by atoms with Gasteiger partial charge in [0.05, 0.1) is 6.61 Å². The Labute approximate surface area is 181 Å². The molecule has 0 saturated heterocycles. The lowest BCUT2D eigenvalue weighted by Gasteiger charge is -2.09. The summed E-state index contributed by atoms with van der Waals surface area (Å²) in [7, 11) is 0. The zero-order valence-corrected chi connectivity index (χ0v) is 18.0. The first-order valence-corrected chi connectivity index (χ1v) is 10.8. The SMILES string of the molecule is CCCCCn1nc(OCC)nc1Cc1ccc(-c2ccccc2-c2nn[nH]n2)cc1. The number of nitrogens with one attached hydrogen (secondary N) is 1. The number of benzene rings is 2. The summed E-state index contributed by atoms with van der Waals surface area (Å²) in [6.07, 6.45) is 4.15. The summed E-state index contributed by atoms with van der Waals surface area (Å²) in [4.78, 5) is 4.61. The van der Waals surface area contributed by atoms with E-state index in [1.807, 2.05) is 29.8 Å². The first-order chi connectivity index (χ1) is 15.3. The lowest BCUT2D eigenvalue weighted by molar-refractivity contribution is 0.310. The number of H-pyrrole nitrogens is 1. The molecule has 1 N–H and O–H groups in total. The Balaban J connectivity index is 1.55. The molecule has 8 heteroatoms. The molecule has 0 radical (unpaired) electrons. The minimum Gasteiger partial charge on any atom is -0.463 e. The highest BCUT2D eigenvalue weighted by Gasteiger charge is 2.13. The van der Waals surface area contributed by atoms with Crippen LogP contribution in [0.3, 0.4) is 0 Å². The zero-order valence-electron chi connectivity index (χ0n) is 18.0. The topological polar surface area (TPSA) is 94.4 Å². The molecule has 0 fully saturated rings. The van der Waals surface area contributed by atoms with Crippen molar-refractivity contribution in [1.29, 1.82) is 0 Å². The molecular weight excluding hydrogens is 390 g/mol. The molecule has 0 aliphatic rings. The number of aromatic nitrogens is 7. The van der Waals surface area contributed by atoms with Gasteiger partial charge in [-0.3, -0.25) is 0 Å². The molecule has 0 amide bonds. The van der Waals surface area contributed by atoms with Gasteiger partial charge in [0.2, 0.25) is 5.82 Å². The molecule has 2 heterocycles. The second-order valence-corrected chi connectivity index (χ2v) is 7.33. The molecule has 0 aliphatic heterocycles. The average molecular weight is 418 g/mol. The van der Waals surface area contributed by atoms with Gasteiger partial charge in [-0.05, 0) is 35.2 Å². The van der Waals surface area contributed by atoms with Crippen LogP contribution in [0.15, 0.2) is 48.5 Å². The second kappa shape index (κ2) is 9.97. The van der Waals surface area contributed by atoms with Crippen LogP contribution in [0.25, 0.3) is 22.5 Å². The van der Waals surface area contributed by atoms with Crippen molar-refractivity contribution in [2.24, 2.45) is 0 Å². The molecule has 160 valence electrons. The van der Waals surface area contributed by atoms with Gasteiger partial charge < -0.3 is 4.74 Å². The maximum absolute atomic E-state index is 5.53. The van der Waals surface area contributed by atoms with E-state index in [1.54, 1.807) is 0 Å². The number of hydrogen-bond acceptors (Lipinski definition) is 6. The largest absolute Gasteiger partial charge is 0.463 e. The van der Waals surface area contributed by atoms with E-state index in [1.165, 1.54) is 18.4 Å². The highest BCUT2D eigenvalue weighted by atomic mass is 16.5. The number of aryl methyl sites for hydroxylation is 1. The minimum absolute atomic E-state index is 0.458. The fraction of sp³-hybridized carbons (Fsp3) is 0.348. The van der Waals surface area contributed by atoms with Gasteiger partial charge in [-0.15, -0.1) is 15.3 Å². The van der Waals surface area contributed by atoms with Crippen LogP contribution in [-0.2, 0) is 13.0 Å². The van der Waals surface area contributed by atoms with Gasteiger partial charge in [0.1, 0.15) is 5.82 Å². The molecule has 4 rings (SSSR count). The van der Waals surface area contributed by atoms with Crippen LogP contribution < -0.4 is 4.74 Å². The van der Waals surface area contributed by atoms with Crippen molar-refractivity contribution >= 4 is 0 Å². The van der Waals surface area contributed by atoms with Crippen LogP contribution in [0.5, 0.6) is 6.01 Å². The molecule has 0 saturated carbocycles. The van der Waals surface area contributed by atoms with Crippen molar-refractivity contribution in [2.45, 2.75) is 46.1 Å². The van der Waals surface area contributed by atoms with Crippen LogP contribution in [0.4, 0.5) is 0 Å². The number of hydrogen-bond donors (Lipinski definition) is 1. The first-order valence-electron chi connectivity index (χ1n) is 10.8. The van der Waals surface area contributed by atoms with Crippen molar-refractivity contribution in [2.75, 3.05) is 6.61 Å². The summed E-state index contributed by atoms with van der Waals surface area (Å²) >= 11 is 0. The van der Waals surface area contributed by atoms with Crippen molar-refractivity contribution < 1.29 is 4.74 Å². The Bertz CT molecular complexity index is 1090. The van der Waals surface area contributed by atoms with Gasteiger partial charge in [-0.2, -0.15) is 10.2 Å². The van der Waals surface area contributed by atoms with E-state index in [0.717, 1.165) is 35.5 Å². The van der Waals surface area contributed by atoms with E-state index in [9.17, 15) is 0 Å². The molecule has 2 aromatic heterocycles. The number of unbranched alkanes of at least 4 members (excludes halogenated alkanes) is 2. The van der Waals surface area contributed by atoms with Gasteiger partial charge in [0.15, 0.2) is 0 Å². The molecule has 0 atom stereocenters. The summed E-state index contributed by atoms with van der Waals surface area (Å²) in [6, 6.07) is 17.0. The third kappa shape index (κ3) is 4.96. The third-order valence-corrected chi connectivity index (χ3v) is 5.12. The Morgan fingerprint density at radius 3 is 2.48 bits per heavy atom. The quantitative estimate of drug-likeness (QED) is 0.387. The Hall–Kier alpha value is -3.55. The van der Waals surface area contributed by atoms with Gasteiger partial charge in [0.25, 0.3) is 0 Å². The Morgan fingerprint density at radius 1 is 0.968 bits per heavy atom. The number of nitrogens with zero attached hydrogens (tertiary/aromatic N) is 6. The van der Waals surface area contributed by atoms with Gasteiger partial charge in [-0.1, -0.05) is 68.3 Å². The number of tetrazole rings is 1. The van der Waals surface area contributed by atoms with Crippen molar-refractivity contribution in [3.8, 4) is 28.5 Å². The van der Waals surface area contributed by atoms with Crippen molar-refractivity contribution in [1.82, 2.24) is 35.4 Å². The second-order valence-electron chi connectivity index (χ2n) is 7.33. The molecule has 31 heavy (non-hydrogen) atoms. The fourth-order valence-electron chi connectivity index (χ4n) is 3.55. The van der Waals surface area contributed by atoms with Crippen molar-refractivity contribution in [3.63, 3.8) is 0 Å². The molecule has 0 bridgehead atoms. The Kier molecular flexibility index (Phi) is 6.66. The van der Waals surface area contributed by atoms with Crippen LogP contribution in [0.1, 0.15) is 44.5 Å². The molecule has 0 aliphatic carbocycles. The predicted molar refractivity (Wildman–Crippen MR) is 119 cm³/mol. The number of aromatic amines is 1. The Morgan fingerprint density at radius 2 is 1.77 bits per heavy atom. The molecule has 4 aromatic rings. The van der Waals surface area contributed by atoms with E-state index >= 15 is 0 Å². The van der Waals surface area contributed by atoms with E-state index in [-0.39, 0.29) is 0 Å². The normalized spacial score (nSPS) is 11.0. The summed E-state index contributed by atoms with van der Waals surface area (Å²) in [6.45, 7) is 5.57. The monoisotopic (exact) mass is 417 g/mol. The standard InChI is InChI=1S/C23H27N7O/c1-3-5-8-15-30-21(24-23(27-30)31-4-2)16-17-11-13-18(14-12-17)19-9-6-7-10-20(19)22-25-28-29-26-22/h6-7,9-14H,3-5,8,15-16H2,1-2H3,(H,25,26,28,29). The molecule has 0 spiro atoms. The third-order valence-electron chi connectivity index (χ3n) is 5.12. The van der Waals surface area contributed by atoms with E-state index in [0.29, 0.717) is 24.9 Å². The van der Waals surface area contributed by atoms with E-state index < -0.39 is 0 Å². The van der Waals surface area contributed by atoms with Crippen LogP contribution in [0.2, 0.25) is 0 Å². The zero-order chi connectivity index (χ0) is 21.5. The van der Waals surface area contributed by atoms with Gasteiger partial charge >= 0.3 is 6.01 Å². The summed E-state index contributed by atoms with van der Waals surface area (Å²) in [5, 5.41) is 19.0. The molecule has 2 aromatic carbocycles. The lowest BCUT2D eigenvalue weighted by Crippen LogP contribution is -2.06. The fourth-order valence-corrected chi connectivity index (χ4v) is 3.55. The number of ether oxygens (including phenoxy) is 1. The van der Waals surface area contributed by atoms with Crippen LogP contribution >= 0.6 is 0 Å². The van der Waals surface area contributed by atoms with Gasteiger partial charge in [0, 0.05) is 18.5 Å².